The third-order valence-corrected chi connectivity index (χ3v) is 21.6. The van der Waals surface area contributed by atoms with E-state index < -0.39 is 5.97 Å². The lowest BCUT2D eigenvalue weighted by molar-refractivity contribution is -0.137. The smallest absolute Gasteiger partial charge is 0.303 e. The van der Waals surface area contributed by atoms with Crippen LogP contribution in [-0.4, -0.2) is 76.2 Å². The Morgan fingerprint density at radius 3 is 0.959 bits per heavy atom. The summed E-state index contributed by atoms with van der Waals surface area (Å²) < 4.78 is 0. The second kappa shape index (κ2) is 71.7. The molecule has 1 aliphatic heterocycles. The topological polar surface area (TPSA) is 96.9 Å². The van der Waals surface area contributed by atoms with Crippen molar-refractivity contribution in [1.82, 2.24) is 14.8 Å². The number of unbranched alkanes of at least 4 members (excludes halogenated alkanes) is 60. The summed E-state index contributed by atoms with van der Waals surface area (Å²) in [6.45, 7) is 16.0. The van der Waals surface area contributed by atoms with Crippen LogP contribution in [0.2, 0.25) is 0 Å². The van der Waals surface area contributed by atoms with Crippen molar-refractivity contribution in [2.45, 2.75) is 465 Å². The highest BCUT2D eigenvalue weighted by molar-refractivity contribution is 5.99. The van der Waals surface area contributed by atoms with Crippen LogP contribution in [0.3, 0.4) is 0 Å². The van der Waals surface area contributed by atoms with Gasteiger partial charge in [0.25, 0.3) is 0 Å². The SMILES string of the molecule is CCCCCCCCCCCCCCCCC(=O)O.CCCCCCCCCCCCCCCCCCCCCCCCCCCCCCCCCCCC.CCCCCCCCCCCCCCCCCO.CCN(CC)C(=O)[C@@H]1C=C2c3cccc4[nH]cc(c34)C[C@H]2N(C)C1. The fourth-order valence-corrected chi connectivity index (χ4v) is 15.1. The van der Waals surface area contributed by atoms with E-state index >= 15 is 0 Å². The molecule has 568 valence electrons. The van der Waals surface area contributed by atoms with Crippen LogP contribution in [0, 0.1) is 5.92 Å². The number of carbonyl (C=O) groups is 2. The van der Waals surface area contributed by atoms with Gasteiger partial charge < -0.3 is 20.1 Å². The summed E-state index contributed by atoms with van der Waals surface area (Å²) in [5.74, 6) is -0.444. The maximum Gasteiger partial charge on any atom is 0.303 e. The van der Waals surface area contributed by atoms with E-state index in [1.54, 1.807) is 0 Å². The van der Waals surface area contributed by atoms with Crippen molar-refractivity contribution in [2.75, 3.05) is 33.3 Å². The summed E-state index contributed by atoms with van der Waals surface area (Å²) in [7, 11) is 2.15. The first-order valence-corrected chi connectivity index (χ1v) is 43.9. The highest BCUT2D eigenvalue weighted by Crippen LogP contribution is 2.41. The Balaban J connectivity index is 0.000000674. The first-order chi connectivity index (χ1) is 47.7. The number of aromatic nitrogens is 1. The number of aliphatic hydroxyl groups excluding tert-OH is 1. The minimum Gasteiger partial charge on any atom is -0.481 e. The molecule has 0 saturated carbocycles. The molecular weight excluding hydrogens is 1190 g/mol. The highest BCUT2D eigenvalue weighted by Gasteiger charge is 2.36. The Morgan fingerprint density at radius 2 is 0.691 bits per heavy atom. The first kappa shape index (κ1) is 92.4. The van der Waals surface area contributed by atoms with Gasteiger partial charge in [-0.1, -0.05) is 438 Å². The van der Waals surface area contributed by atoms with E-state index in [2.05, 4.69) is 88.9 Å². The molecule has 1 aromatic carbocycles. The standard InChI is InChI=1S/C36H74.C20H25N3O.C17H34O2.C17H36O/c1-3-5-7-9-11-13-15-17-19-21-23-25-27-29-31-33-35-36-34-32-30-28-26-24-22-20-18-16-14-12-10-8-6-4-2;1-4-23(5-2)20(24)14-9-16-15-7-6-8-17-19(15)13(11-21-17)10-18(16)22(3)12-14;1-2-3-4-5-6-7-8-9-10-11-12-13-14-15-16-17(18)19;1-2-3-4-5-6-7-8-9-10-11-12-13-14-15-16-17-18/h3-36H2,1-2H3;6-9,11,14,18,21H,4-5,10,12H2,1-3H3;2-16H2,1H3,(H,18,19);18H,2-17H2,1H3/t;14-,18-;;/m.1../s1. The van der Waals surface area contributed by atoms with E-state index in [0.717, 1.165) is 45.3 Å². The predicted octanol–water partition coefficient (Wildman–Crippen LogP) is 29.0. The molecule has 97 heavy (non-hydrogen) atoms. The third kappa shape index (κ3) is 53.8. The molecule has 0 bridgehead atoms. The summed E-state index contributed by atoms with van der Waals surface area (Å²) in [5.41, 5.74) is 5.21. The van der Waals surface area contributed by atoms with E-state index in [4.69, 9.17) is 10.2 Å². The molecule has 2 aliphatic rings. The average Bonchev–Trinajstić information content (AvgIpc) is 1.71. The van der Waals surface area contributed by atoms with E-state index in [1.807, 2.05) is 4.90 Å². The van der Waals surface area contributed by atoms with Crippen molar-refractivity contribution < 1.29 is 19.8 Å². The summed E-state index contributed by atoms with van der Waals surface area (Å²) in [5, 5.41) is 18.5. The van der Waals surface area contributed by atoms with Gasteiger partial charge in [-0.15, -0.1) is 0 Å². The first-order valence-electron chi connectivity index (χ1n) is 43.9. The van der Waals surface area contributed by atoms with Crippen LogP contribution in [0.5, 0.6) is 0 Å². The summed E-state index contributed by atoms with van der Waals surface area (Å²) in [6.07, 6.45) is 95.2. The number of aliphatic carboxylic acids is 1. The summed E-state index contributed by atoms with van der Waals surface area (Å²) in [6, 6.07) is 6.82. The molecule has 4 rings (SSSR count). The quantitative estimate of drug-likeness (QED) is 0.0574. The molecule has 0 spiro atoms. The molecule has 0 fully saturated rings. The van der Waals surface area contributed by atoms with Gasteiger partial charge in [-0.3, -0.25) is 14.5 Å². The maximum absolute atomic E-state index is 12.9. The fourth-order valence-electron chi connectivity index (χ4n) is 15.1. The summed E-state index contributed by atoms with van der Waals surface area (Å²) >= 11 is 0. The predicted molar refractivity (Wildman–Crippen MR) is 431 cm³/mol. The minimum absolute atomic E-state index is 0.0445. The van der Waals surface area contributed by atoms with Crippen molar-refractivity contribution in [3.8, 4) is 0 Å². The number of fused-ring (bicyclic) bond motifs is 2. The van der Waals surface area contributed by atoms with E-state index in [0.29, 0.717) is 19.1 Å². The van der Waals surface area contributed by atoms with Crippen molar-refractivity contribution in [3.63, 3.8) is 0 Å². The number of H-pyrrole nitrogens is 1. The molecule has 2 atom stereocenters. The lowest BCUT2D eigenvalue weighted by atomic mass is 9.79. The van der Waals surface area contributed by atoms with Crippen molar-refractivity contribution >= 4 is 28.4 Å². The number of aromatic amines is 1. The lowest BCUT2D eigenvalue weighted by Crippen LogP contribution is -2.47. The van der Waals surface area contributed by atoms with Gasteiger partial charge in [-0.05, 0) is 62.9 Å². The van der Waals surface area contributed by atoms with Gasteiger partial charge in [0, 0.05) is 55.8 Å². The molecule has 0 radical (unpaired) electrons. The monoisotopic (exact) mass is 1360 g/mol. The molecule has 0 saturated heterocycles. The molecule has 7 heteroatoms. The zero-order valence-corrected chi connectivity index (χ0v) is 66.4. The number of carboxylic acids is 1. The van der Waals surface area contributed by atoms with Gasteiger partial charge in [-0.2, -0.15) is 0 Å². The van der Waals surface area contributed by atoms with Crippen LogP contribution in [0.1, 0.15) is 464 Å². The number of nitrogens with zero attached hydrogens (tertiary/aromatic N) is 2. The fraction of sp³-hybridized carbons (Fsp3) is 0.867. The average molecular weight is 1360 g/mol. The molecule has 3 N–H and O–H groups in total. The Labute approximate surface area is 605 Å². The number of likely N-dealkylation sites (N-methyl/N-ethyl adjacent to an activating group) is 1. The third-order valence-electron chi connectivity index (χ3n) is 21.6. The number of hydrogen-bond donors (Lipinski definition) is 3. The number of amides is 1. The van der Waals surface area contributed by atoms with Crippen LogP contribution in [-0.2, 0) is 16.0 Å². The normalized spacial score (nSPS) is 14.1. The van der Waals surface area contributed by atoms with E-state index in [9.17, 15) is 9.59 Å². The number of nitrogens with one attached hydrogen (secondary N) is 1. The van der Waals surface area contributed by atoms with Gasteiger partial charge in [0.15, 0.2) is 0 Å². The van der Waals surface area contributed by atoms with Crippen LogP contribution < -0.4 is 0 Å². The summed E-state index contributed by atoms with van der Waals surface area (Å²) in [4.78, 5) is 30.9. The number of benzene rings is 1. The molecule has 1 aliphatic carbocycles. The van der Waals surface area contributed by atoms with E-state index in [1.165, 1.54) is 413 Å². The number of rotatable bonds is 66. The van der Waals surface area contributed by atoms with Gasteiger partial charge >= 0.3 is 5.97 Å². The zero-order valence-electron chi connectivity index (χ0n) is 66.4. The molecule has 1 amide bonds. The minimum atomic E-state index is -0.654. The molecular formula is C90H169N3O4. The molecule has 7 nitrogen and oxygen atoms in total. The Kier molecular flexibility index (Phi) is 68.3. The number of aliphatic hydroxyl groups is 1. The Hall–Kier alpha value is -2.64. The molecule has 2 aromatic rings. The van der Waals surface area contributed by atoms with E-state index in [-0.39, 0.29) is 11.8 Å². The van der Waals surface area contributed by atoms with Gasteiger partial charge in [0.2, 0.25) is 5.91 Å². The lowest BCUT2D eigenvalue weighted by Gasteiger charge is -2.40. The second-order valence-electron chi connectivity index (χ2n) is 30.7. The van der Waals surface area contributed by atoms with Gasteiger partial charge in [0.05, 0.1) is 5.92 Å². The molecule has 0 unspecified atom stereocenters. The molecule has 2 heterocycles. The van der Waals surface area contributed by atoms with Crippen molar-refractivity contribution in [3.05, 3.63) is 41.6 Å². The number of hydrogen-bond acceptors (Lipinski definition) is 4. The molecule has 1 aromatic heterocycles. The maximum atomic E-state index is 12.9. The van der Waals surface area contributed by atoms with Crippen molar-refractivity contribution in [1.29, 1.82) is 0 Å². The van der Waals surface area contributed by atoms with Crippen LogP contribution >= 0.6 is 0 Å². The number of carbonyl (C=O) groups excluding carboxylic acids is 1. The zero-order chi connectivity index (χ0) is 70.4. The van der Waals surface area contributed by atoms with Crippen LogP contribution in [0.4, 0.5) is 0 Å². The van der Waals surface area contributed by atoms with Gasteiger partial charge in [0.1, 0.15) is 0 Å². The Morgan fingerprint density at radius 1 is 0.412 bits per heavy atom. The number of carboxylic acid groups (broad SMARTS) is 1. The van der Waals surface area contributed by atoms with Crippen LogP contribution in [0.25, 0.3) is 16.5 Å². The Bertz CT molecular complexity index is 1940. The van der Waals surface area contributed by atoms with Crippen LogP contribution in [0.15, 0.2) is 30.5 Å². The largest absolute Gasteiger partial charge is 0.481 e. The van der Waals surface area contributed by atoms with Gasteiger partial charge in [-0.25, -0.2) is 0 Å². The van der Waals surface area contributed by atoms with Crippen molar-refractivity contribution in [2.24, 2.45) is 5.92 Å². The second-order valence-corrected chi connectivity index (χ2v) is 30.7. The highest BCUT2D eigenvalue weighted by atomic mass is 16.4.